The van der Waals surface area contributed by atoms with Crippen molar-refractivity contribution in [2.24, 2.45) is 5.73 Å². The lowest BCUT2D eigenvalue weighted by atomic mass is 10.1. The van der Waals surface area contributed by atoms with Crippen LogP contribution in [0.4, 0.5) is 0 Å². The first-order valence-corrected chi connectivity index (χ1v) is 8.83. The van der Waals surface area contributed by atoms with Crippen LogP contribution in [0.1, 0.15) is 16.8 Å². The van der Waals surface area contributed by atoms with Gasteiger partial charge in [-0.15, -0.1) is 0 Å². The van der Waals surface area contributed by atoms with Crippen LogP contribution < -0.4 is 15.3 Å². The number of thiazole rings is 1. The van der Waals surface area contributed by atoms with Crippen LogP contribution in [0.5, 0.6) is 0 Å². The quantitative estimate of drug-likeness (QED) is 0.669. The molecule has 9 heteroatoms. The van der Waals surface area contributed by atoms with Crippen molar-refractivity contribution in [3.8, 4) is 0 Å². The minimum Gasteiger partial charge on any atom is -0.389 e. The number of aromatic nitrogens is 1. The van der Waals surface area contributed by atoms with Gasteiger partial charge in [-0.05, 0) is 5.56 Å². The lowest BCUT2D eigenvalue weighted by Crippen LogP contribution is -2.26. The number of nitrogens with two attached hydrogens (primary N) is 1. The third-order valence-electron chi connectivity index (χ3n) is 2.68. The third-order valence-corrected chi connectivity index (χ3v) is 4.90. The summed E-state index contributed by atoms with van der Waals surface area (Å²) in [7, 11) is -3.56. The lowest BCUT2D eigenvalue weighted by molar-refractivity contribution is 0.579. The molecule has 0 radical (unpaired) electrons. The molecule has 1 heterocycles. The Balaban J connectivity index is 2.11. The van der Waals surface area contributed by atoms with Crippen LogP contribution in [0.3, 0.4) is 0 Å². The van der Waals surface area contributed by atoms with Gasteiger partial charge >= 0.3 is 4.87 Å². The number of benzene rings is 1. The monoisotopic (exact) mass is 343 g/mol. The third kappa shape index (κ3) is 4.46. The average molecular weight is 343 g/mol. The van der Waals surface area contributed by atoms with E-state index in [1.807, 2.05) is 0 Å². The fraction of sp³-hybridized carbons (Fsp3) is 0.167. The van der Waals surface area contributed by atoms with E-state index in [4.69, 9.17) is 18.0 Å². The van der Waals surface area contributed by atoms with E-state index in [2.05, 4.69) is 9.71 Å². The molecule has 1 aromatic heterocycles. The van der Waals surface area contributed by atoms with Crippen molar-refractivity contribution in [1.29, 1.82) is 0 Å². The SMILES string of the molecule is NC(=S)c1ccccc1CS(=O)(=O)NCc1csc(=O)[nH]1. The number of nitrogens with one attached hydrogen (secondary N) is 2. The van der Waals surface area contributed by atoms with E-state index < -0.39 is 10.0 Å². The van der Waals surface area contributed by atoms with Crippen molar-refractivity contribution >= 4 is 38.6 Å². The van der Waals surface area contributed by atoms with E-state index in [1.54, 1.807) is 29.6 Å². The molecule has 1 aromatic carbocycles. The largest absolute Gasteiger partial charge is 0.389 e. The van der Waals surface area contributed by atoms with Crippen LogP contribution in [0.15, 0.2) is 34.4 Å². The van der Waals surface area contributed by atoms with Crippen molar-refractivity contribution < 1.29 is 8.42 Å². The Morgan fingerprint density at radius 2 is 2.10 bits per heavy atom. The maximum absolute atomic E-state index is 12.1. The summed E-state index contributed by atoms with van der Waals surface area (Å²) in [5.41, 5.74) is 7.18. The number of sulfonamides is 1. The summed E-state index contributed by atoms with van der Waals surface area (Å²) in [6.45, 7) is 0.0380. The predicted octanol–water partition coefficient (Wildman–Crippen LogP) is 0.690. The molecule has 4 N–H and O–H groups in total. The molecular weight excluding hydrogens is 330 g/mol. The van der Waals surface area contributed by atoms with Gasteiger partial charge in [0.25, 0.3) is 0 Å². The molecule has 0 aliphatic carbocycles. The van der Waals surface area contributed by atoms with Crippen molar-refractivity contribution in [2.45, 2.75) is 12.3 Å². The van der Waals surface area contributed by atoms with Crippen LogP contribution in [0.2, 0.25) is 0 Å². The predicted molar refractivity (Wildman–Crippen MR) is 86.7 cm³/mol. The average Bonchev–Trinajstić information content (AvgIpc) is 2.82. The Morgan fingerprint density at radius 1 is 1.38 bits per heavy atom. The van der Waals surface area contributed by atoms with Gasteiger partial charge in [-0.3, -0.25) is 4.79 Å². The van der Waals surface area contributed by atoms with Gasteiger partial charge < -0.3 is 10.7 Å². The highest BCUT2D eigenvalue weighted by molar-refractivity contribution is 7.88. The van der Waals surface area contributed by atoms with E-state index in [0.717, 1.165) is 11.3 Å². The fourth-order valence-corrected chi connectivity index (χ4v) is 3.65. The Labute approximate surface area is 131 Å². The molecule has 0 aliphatic rings. The summed E-state index contributed by atoms with van der Waals surface area (Å²) in [6, 6.07) is 6.82. The first-order chi connectivity index (χ1) is 9.87. The molecule has 0 saturated heterocycles. The first-order valence-electron chi connectivity index (χ1n) is 5.89. The van der Waals surface area contributed by atoms with E-state index in [1.165, 1.54) is 0 Å². The zero-order chi connectivity index (χ0) is 15.5. The molecule has 112 valence electrons. The van der Waals surface area contributed by atoms with Crippen LogP contribution >= 0.6 is 23.6 Å². The molecule has 0 bridgehead atoms. The number of rotatable bonds is 6. The highest BCUT2D eigenvalue weighted by Crippen LogP contribution is 2.12. The van der Waals surface area contributed by atoms with Crippen LogP contribution in [-0.2, 0) is 22.3 Å². The Bertz CT molecular complexity index is 808. The fourth-order valence-electron chi connectivity index (χ4n) is 1.73. The molecular formula is C12H13N3O3S3. The lowest BCUT2D eigenvalue weighted by Gasteiger charge is -2.09. The van der Waals surface area contributed by atoms with Gasteiger partial charge in [0, 0.05) is 16.6 Å². The maximum Gasteiger partial charge on any atom is 0.304 e. The molecule has 0 aliphatic heterocycles. The number of thiocarbonyl (C=S) groups is 1. The van der Waals surface area contributed by atoms with E-state index in [9.17, 15) is 13.2 Å². The first kappa shape index (κ1) is 15.8. The summed E-state index contributed by atoms with van der Waals surface area (Å²) in [4.78, 5) is 13.5. The second-order valence-corrected chi connectivity index (χ2v) is 7.36. The Morgan fingerprint density at radius 3 is 2.71 bits per heavy atom. The van der Waals surface area contributed by atoms with Gasteiger partial charge in [0.15, 0.2) is 0 Å². The van der Waals surface area contributed by atoms with Crippen molar-refractivity contribution in [3.05, 3.63) is 56.1 Å². The van der Waals surface area contributed by atoms with Crippen LogP contribution in [-0.4, -0.2) is 18.4 Å². The summed E-state index contributed by atoms with van der Waals surface area (Å²) in [5, 5.41) is 1.58. The zero-order valence-corrected chi connectivity index (χ0v) is 13.3. The van der Waals surface area contributed by atoms with E-state index in [0.29, 0.717) is 16.8 Å². The second kappa shape index (κ2) is 6.48. The van der Waals surface area contributed by atoms with E-state index >= 15 is 0 Å². The number of hydrogen-bond acceptors (Lipinski definition) is 5. The molecule has 0 fully saturated rings. The summed E-state index contributed by atoms with van der Waals surface area (Å²) in [6.07, 6.45) is 0. The highest BCUT2D eigenvalue weighted by Gasteiger charge is 2.15. The summed E-state index contributed by atoms with van der Waals surface area (Å²) in [5.74, 6) is -0.227. The number of H-pyrrole nitrogens is 1. The smallest absolute Gasteiger partial charge is 0.304 e. The van der Waals surface area contributed by atoms with Crippen molar-refractivity contribution in [2.75, 3.05) is 0 Å². The topological polar surface area (TPSA) is 105 Å². The van der Waals surface area contributed by atoms with Crippen molar-refractivity contribution in [1.82, 2.24) is 9.71 Å². The van der Waals surface area contributed by atoms with Gasteiger partial charge in [-0.2, -0.15) is 0 Å². The summed E-state index contributed by atoms with van der Waals surface area (Å²) >= 11 is 5.89. The number of aromatic amines is 1. The van der Waals surface area contributed by atoms with Gasteiger partial charge in [-0.25, -0.2) is 13.1 Å². The Kier molecular flexibility index (Phi) is 4.88. The molecule has 2 rings (SSSR count). The molecule has 21 heavy (non-hydrogen) atoms. The molecule has 0 unspecified atom stereocenters. The van der Waals surface area contributed by atoms with E-state index in [-0.39, 0.29) is 22.2 Å². The number of hydrogen-bond donors (Lipinski definition) is 3. The molecule has 2 aromatic rings. The van der Waals surface area contributed by atoms with Crippen molar-refractivity contribution in [3.63, 3.8) is 0 Å². The van der Waals surface area contributed by atoms with Crippen LogP contribution in [0, 0.1) is 0 Å². The standard InChI is InChI=1S/C12H13N3O3S3/c13-11(19)10-4-2-1-3-8(10)7-21(17,18)14-5-9-6-20-12(16)15-9/h1-4,6,14H,5,7H2,(H2,13,19)(H,15,16). The molecule has 0 amide bonds. The van der Waals surface area contributed by atoms with Gasteiger partial charge in [0.05, 0.1) is 12.3 Å². The van der Waals surface area contributed by atoms with Gasteiger partial charge in [-0.1, -0.05) is 47.8 Å². The maximum atomic E-state index is 12.1. The minimum atomic E-state index is -3.56. The minimum absolute atomic E-state index is 0.0380. The molecule has 0 spiro atoms. The molecule has 6 nitrogen and oxygen atoms in total. The molecule has 0 atom stereocenters. The highest BCUT2D eigenvalue weighted by atomic mass is 32.2. The Hall–Kier alpha value is -1.55. The molecule has 0 saturated carbocycles. The summed E-state index contributed by atoms with van der Waals surface area (Å²) < 4.78 is 26.6. The van der Waals surface area contributed by atoms with Crippen LogP contribution in [0.25, 0.3) is 0 Å². The van der Waals surface area contributed by atoms with Gasteiger partial charge in [0.1, 0.15) is 4.99 Å². The van der Waals surface area contributed by atoms with Gasteiger partial charge in [0.2, 0.25) is 10.0 Å². The second-order valence-electron chi connectivity index (χ2n) is 4.27. The normalized spacial score (nSPS) is 11.4. The zero-order valence-electron chi connectivity index (χ0n) is 10.8.